The molecule has 0 bridgehead atoms. The van der Waals surface area contributed by atoms with Gasteiger partial charge in [-0.15, -0.1) is 0 Å². The molecule has 1 fully saturated rings. The molecule has 2 heterocycles. The minimum Gasteiger partial charge on any atom is -0.370 e. The van der Waals surface area contributed by atoms with E-state index in [9.17, 15) is 4.79 Å². The molecule has 1 aromatic heterocycles. The van der Waals surface area contributed by atoms with Crippen LogP contribution in [0.15, 0.2) is 10.9 Å². The third-order valence-corrected chi connectivity index (χ3v) is 3.54. The second-order valence-electron chi connectivity index (χ2n) is 5.06. The number of piperidine rings is 1. The van der Waals surface area contributed by atoms with Crippen molar-refractivity contribution in [3.63, 3.8) is 0 Å². The molecule has 0 atom stereocenters. The van der Waals surface area contributed by atoms with E-state index in [4.69, 9.17) is 0 Å². The first kappa shape index (κ1) is 13.1. The van der Waals surface area contributed by atoms with E-state index in [1.54, 1.807) is 0 Å². The zero-order valence-electron chi connectivity index (χ0n) is 11.2. The molecule has 5 heteroatoms. The van der Waals surface area contributed by atoms with Crippen LogP contribution in [0.5, 0.6) is 0 Å². The Labute approximate surface area is 108 Å². The topological polar surface area (TPSA) is 61.0 Å². The van der Waals surface area contributed by atoms with Gasteiger partial charge in [0, 0.05) is 19.0 Å². The van der Waals surface area contributed by atoms with Gasteiger partial charge in [-0.05, 0) is 38.9 Å². The molecule has 0 saturated carbocycles. The molecule has 5 nitrogen and oxygen atoms in total. The quantitative estimate of drug-likeness (QED) is 0.839. The number of anilines is 1. The molecule has 2 N–H and O–H groups in total. The van der Waals surface area contributed by atoms with Crippen molar-refractivity contribution in [3.05, 3.63) is 22.2 Å². The predicted octanol–water partition coefficient (Wildman–Crippen LogP) is 1.09. The first-order valence-electron chi connectivity index (χ1n) is 6.70. The summed E-state index contributed by atoms with van der Waals surface area (Å²) < 4.78 is 0. The maximum Gasteiger partial charge on any atom is 0.252 e. The summed E-state index contributed by atoms with van der Waals surface area (Å²) in [6.07, 6.45) is 3.18. The summed E-state index contributed by atoms with van der Waals surface area (Å²) >= 11 is 0. The molecular weight excluding hydrogens is 228 g/mol. The van der Waals surface area contributed by atoms with E-state index in [1.165, 1.54) is 18.9 Å². The van der Waals surface area contributed by atoms with Crippen LogP contribution in [-0.4, -0.2) is 41.5 Å². The maximum atomic E-state index is 11.4. The van der Waals surface area contributed by atoms with Gasteiger partial charge in [0.2, 0.25) is 0 Å². The van der Waals surface area contributed by atoms with Gasteiger partial charge < -0.3 is 15.2 Å². The highest BCUT2D eigenvalue weighted by Gasteiger charge is 2.16. The second kappa shape index (κ2) is 6.00. The molecular formula is C13H22N4O. The molecule has 0 radical (unpaired) electrons. The predicted molar refractivity (Wildman–Crippen MR) is 72.9 cm³/mol. The van der Waals surface area contributed by atoms with Gasteiger partial charge in [-0.2, -0.15) is 0 Å². The minimum atomic E-state index is -0.0762. The summed E-state index contributed by atoms with van der Waals surface area (Å²) in [6.45, 7) is 5.22. The number of nitrogens with one attached hydrogen (secondary N) is 2. The van der Waals surface area contributed by atoms with E-state index >= 15 is 0 Å². The van der Waals surface area contributed by atoms with Crippen molar-refractivity contribution in [2.45, 2.75) is 26.2 Å². The van der Waals surface area contributed by atoms with E-state index in [-0.39, 0.29) is 5.56 Å². The average Bonchev–Trinajstić information content (AvgIpc) is 2.37. The number of likely N-dealkylation sites (tertiary alicyclic amines) is 1. The van der Waals surface area contributed by atoms with E-state index in [0.29, 0.717) is 11.7 Å². The van der Waals surface area contributed by atoms with Gasteiger partial charge in [0.05, 0.1) is 0 Å². The van der Waals surface area contributed by atoms with Crippen LogP contribution in [0.3, 0.4) is 0 Å². The Bertz CT molecular complexity index is 435. The van der Waals surface area contributed by atoms with E-state index in [1.807, 2.05) is 6.92 Å². The monoisotopic (exact) mass is 250 g/mol. The molecule has 100 valence electrons. The molecule has 1 saturated heterocycles. The molecule has 2 rings (SSSR count). The largest absolute Gasteiger partial charge is 0.370 e. The summed E-state index contributed by atoms with van der Waals surface area (Å²) in [5, 5.41) is 3.30. The van der Waals surface area contributed by atoms with Gasteiger partial charge in [-0.1, -0.05) is 6.92 Å². The molecule has 0 amide bonds. The minimum absolute atomic E-state index is 0.0762. The lowest BCUT2D eigenvalue weighted by molar-refractivity contribution is 0.226. The highest BCUT2D eigenvalue weighted by molar-refractivity contribution is 5.32. The first-order chi connectivity index (χ1) is 8.67. The zero-order chi connectivity index (χ0) is 13.0. The van der Waals surface area contributed by atoms with Gasteiger partial charge in [0.1, 0.15) is 11.6 Å². The summed E-state index contributed by atoms with van der Waals surface area (Å²) in [6, 6.07) is 1.54. The molecule has 1 aliphatic heterocycles. The van der Waals surface area contributed by atoms with Crippen molar-refractivity contribution >= 4 is 5.82 Å². The number of hydrogen-bond acceptors (Lipinski definition) is 4. The molecule has 0 unspecified atom stereocenters. The number of hydrogen-bond donors (Lipinski definition) is 2. The molecule has 18 heavy (non-hydrogen) atoms. The van der Waals surface area contributed by atoms with Crippen LogP contribution >= 0.6 is 0 Å². The molecule has 0 aliphatic carbocycles. The normalized spacial score (nSPS) is 17.9. The summed E-state index contributed by atoms with van der Waals surface area (Å²) in [7, 11) is 2.16. The lowest BCUT2D eigenvalue weighted by atomic mass is 9.97. The lowest BCUT2D eigenvalue weighted by Gasteiger charge is -2.29. The van der Waals surface area contributed by atoms with Gasteiger partial charge in [-0.25, -0.2) is 4.98 Å². The van der Waals surface area contributed by atoms with Crippen LogP contribution in [0.4, 0.5) is 5.82 Å². The zero-order valence-corrected chi connectivity index (χ0v) is 11.2. The van der Waals surface area contributed by atoms with Gasteiger partial charge in [0.15, 0.2) is 0 Å². The van der Waals surface area contributed by atoms with Gasteiger partial charge >= 0.3 is 0 Å². The van der Waals surface area contributed by atoms with Crippen LogP contribution in [-0.2, 0) is 6.42 Å². The smallest absolute Gasteiger partial charge is 0.252 e. The summed E-state index contributed by atoms with van der Waals surface area (Å²) in [5.74, 6) is 2.13. The number of H-pyrrole nitrogens is 1. The summed E-state index contributed by atoms with van der Waals surface area (Å²) in [4.78, 5) is 20.9. The Hall–Kier alpha value is -1.36. The SMILES string of the molecule is CCc1nc(NCC2CCN(C)CC2)cc(=O)[nH]1. The Morgan fingerprint density at radius 2 is 2.22 bits per heavy atom. The average molecular weight is 250 g/mol. The van der Waals surface area contributed by atoms with E-state index in [2.05, 4.69) is 27.2 Å². The Morgan fingerprint density at radius 1 is 1.50 bits per heavy atom. The van der Waals surface area contributed by atoms with E-state index < -0.39 is 0 Å². The fourth-order valence-electron chi connectivity index (χ4n) is 2.28. The van der Waals surface area contributed by atoms with Crippen molar-refractivity contribution in [1.82, 2.24) is 14.9 Å². The fourth-order valence-corrected chi connectivity index (χ4v) is 2.28. The van der Waals surface area contributed by atoms with Crippen molar-refractivity contribution in [3.8, 4) is 0 Å². The van der Waals surface area contributed by atoms with Crippen molar-refractivity contribution < 1.29 is 0 Å². The van der Waals surface area contributed by atoms with Crippen LogP contribution in [0.1, 0.15) is 25.6 Å². The van der Waals surface area contributed by atoms with Crippen molar-refractivity contribution in [1.29, 1.82) is 0 Å². The van der Waals surface area contributed by atoms with Crippen LogP contribution in [0, 0.1) is 5.92 Å². The fraction of sp³-hybridized carbons (Fsp3) is 0.692. The third-order valence-electron chi connectivity index (χ3n) is 3.54. The van der Waals surface area contributed by atoms with Gasteiger partial charge in [-0.3, -0.25) is 4.79 Å². The second-order valence-corrected chi connectivity index (χ2v) is 5.06. The molecule has 0 spiro atoms. The number of aromatic nitrogens is 2. The first-order valence-corrected chi connectivity index (χ1v) is 6.70. The van der Waals surface area contributed by atoms with Crippen LogP contribution in [0.25, 0.3) is 0 Å². The Morgan fingerprint density at radius 3 is 2.89 bits per heavy atom. The molecule has 1 aliphatic rings. The van der Waals surface area contributed by atoms with Crippen LogP contribution in [0.2, 0.25) is 0 Å². The standard InChI is InChI=1S/C13H22N4O/c1-3-11-15-12(8-13(18)16-11)14-9-10-4-6-17(2)7-5-10/h8,10H,3-7,9H2,1-2H3,(H2,14,15,16,18). The lowest BCUT2D eigenvalue weighted by Crippen LogP contribution is -2.33. The molecule has 0 aromatic carbocycles. The number of aromatic amines is 1. The highest BCUT2D eigenvalue weighted by Crippen LogP contribution is 2.16. The Balaban J connectivity index is 1.90. The summed E-state index contributed by atoms with van der Waals surface area (Å²) in [5.41, 5.74) is -0.0762. The number of nitrogens with zero attached hydrogens (tertiary/aromatic N) is 2. The highest BCUT2D eigenvalue weighted by atomic mass is 16.1. The van der Waals surface area contributed by atoms with Gasteiger partial charge in [0.25, 0.3) is 5.56 Å². The third kappa shape index (κ3) is 3.57. The Kier molecular flexibility index (Phi) is 4.36. The number of rotatable bonds is 4. The van der Waals surface area contributed by atoms with Crippen molar-refractivity contribution in [2.24, 2.45) is 5.92 Å². The maximum absolute atomic E-state index is 11.4. The van der Waals surface area contributed by atoms with Crippen LogP contribution < -0.4 is 10.9 Å². The number of aryl methyl sites for hydroxylation is 1. The van der Waals surface area contributed by atoms with E-state index in [0.717, 1.165) is 31.9 Å². The van der Waals surface area contributed by atoms with Crippen molar-refractivity contribution in [2.75, 3.05) is 32.0 Å². The molecule has 1 aromatic rings.